The summed E-state index contributed by atoms with van der Waals surface area (Å²) in [5.41, 5.74) is 0. The van der Waals surface area contributed by atoms with Gasteiger partial charge in [-0.15, -0.1) is 11.3 Å². The second kappa shape index (κ2) is 5.92. The Morgan fingerprint density at radius 2 is 2.19 bits per heavy atom. The van der Waals surface area contributed by atoms with Crippen LogP contribution in [0.1, 0.15) is 13.3 Å². The molecule has 0 fully saturated rings. The van der Waals surface area contributed by atoms with E-state index in [2.05, 4.69) is 36.6 Å². The second-order valence-electron chi connectivity index (χ2n) is 3.10. The molecule has 1 atom stereocenters. The van der Waals surface area contributed by atoms with E-state index in [1.807, 2.05) is 6.92 Å². The van der Waals surface area contributed by atoms with Crippen molar-refractivity contribution in [3.63, 3.8) is 0 Å². The Balaban J connectivity index is 2.98. The molecular weight excluding hydrogens is 382 g/mol. The van der Waals surface area contributed by atoms with Gasteiger partial charge in [-0.05, 0) is 44.3 Å². The zero-order valence-electron chi connectivity index (χ0n) is 8.41. The van der Waals surface area contributed by atoms with E-state index in [0.29, 0.717) is 10.2 Å². The topological polar surface area (TPSA) is 66.4 Å². The van der Waals surface area contributed by atoms with Gasteiger partial charge in [-0.3, -0.25) is 0 Å². The highest BCUT2D eigenvalue weighted by molar-refractivity contribution is 9.12. The lowest BCUT2D eigenvalue weighted by molar-refractivity contribution is 0.254. The Kier molecular flexibility index (Phi) is 5.40. The van der Waals surface area contributed by atoms with E-state index in [1.165, 1.54) is 17.4 Å². The van der Waals surface area contributed by atoms with E-state index >= 15 is 0 Å². The molecule has 16 heavy (non-hydrogen) atoms. The molecule has 2 N–H and O–H groups in total. The minimum Gasteiger partial charge on any atom is -0.395 e. The first-order valence-corrected chi connectivity index (χ1v) is 8.37. The molecule has 0 aliphatic rings. The molecule has 0 saturated carbocycles. The predicted octanol–water partition coefficient (Wildman–Crippen LogP) is 2.32. The fraction of sp³-hybridized carbons (Fsp3) is 0.500. The lowest BCUT2D eigenvalue weighted by atomic mass is 10.3. The van der Waals surface area contributed by atoms with Gasteiger partial charge in [0.25, 0.3) is 0 Å². The summed E-state index contributed by atoms with van der Waals surface area (Å²) in [5.74, 6) is 0. The molecule has 4 nitrogen and oxygen atoms in total. The van der Waals surface area contributed by atoms with Crippen LogP contribution in [0.5, 0.6) is 0 Å². The smallest absolute Gasteiger partial charge is 0.242 e. The average Bonchev–Trinajstić information content (AvgIpc) is 2.55. The number of rotatable bonds is 5. The van der Waals surface area contributed by atoms with Crippen molar-refractivity contribution in [2.75, 3.05) is 6.61 Å². The van der Waals surface area contributed by atoms with Crippen LogP contribution < -0.4 is 4.72 Å². The summed E-state index contributed by atoms with van der Waals surface area (Å²) in [6, 6.07) is 1.08. The maximum atomic E-state index is 11.9. The van der Waals surface area contributed by atoms with Crippen LogP contribution in [0.15, 0.2) is 18.5 Å². The maximum absolute atomic E-state index is 11.9. The fourth-order valence-corrected chi connectivity index (χ4v) is 6.16. The molecular formula is C8H11Br2NO3S2. The molecule has 92 valence electrons. The van der Waals surface area contributed by atoms with Crippen LogP contribution in [-0.2, 0) is 10.0 Å². The third kappa shape index (κ3) is 3.51. The van der Waals surface area contributed by atoms with E-state index in [9.17, 15) is 8.42 Å². The van der Waals surface area contributed by atoms with Crippen molar-refractivity contribution in [1.29, 1.82) is 0 Å². The molecule has 1 heterocycles. The van der Waals surface area contributed by atoms with Crippen molar-refractivity contribution in [2.24, 2.45) is 0 Å². The number of aliphatic hydroxyl groups excluding tert-OH is 1. The third-order valence-electron chi connectivity index (χ3n) is 1.95. The van der Waals surface area contributed by atoms with E-state index in [-0.39, 0.29) is 11.5 Å². The molecule has 0 aromatic carbocycles. The highest BCUT2D eigenvalue weighted by atomic mass is 79.9. The number of thiophene rings is 1. The zero-order chi connectivity index (χ0) is 12.3. The first kappa shape index (κ1) is 14.6. The van der Waals surface area contributed by atoms with Crippen molar-refractivity contribution >= 4 is 53.2 Å². The van der Waals surface area contributed by atoms with Gasteiger partial charge in [0.1, 0.15) is 4.90 Å². The number of sulfonamides is 1. The van der Waals surface area contributed by atoms with Gasteiger partial charge in [0.15, 0.2) is 0 Å². The van der Waals surface area contributed by atoms with Gasteiger partial charge in [0, 0.05) is 6.04 Å². The predicted molar refractivity (Wildman–Crippen MR) is 71.2 cm³/mol. The SMILES string of the molecule is CC[C@@H](CO)NS(=O)(=O)c1cc(Br)sc1Br. The van der Waals surface area contributed by atoms with Crippen molar-refractivity contribution in [1.82, 2.24) is 4.72 Å². The summed E-state index contributed by atoms with van der Waals surface area (Å²) in [7, 11) is -3.57. The quantitative estimate of drug-likeness (QED) is 0.807. The van der Waals surface area contributed by atoms with Crippen LogP contribution >= 0.6 is 43.2 Å². The van der Waals surface area contributed by atoms with E-state index < -0.39 is 16.1 Å². The highest BCUT2D eigenvalue weighted by Crippen LogP contribution is 2.34. The maximum Gasteiger partial charge on any atom is 0.242 e. The molecule has 0 spiro atoms. The normalized spacial score (nSPS) is 14.0. The molecule has 0 amide bonds. The first-order chi connectivity index (χ1) is 7.40. The van der Waals surface area contributed by atoms with Gasteiger partial charge in [-0.1, -0.05) is 6.92 Å². The van der Waals surface area contributed by atoms with Crippen LogP contribution in [0.2, 0.25) is 0 Å². The molecule has 8 heteroatoms. The minimum atomic E-state index is -3.57. The van der Waals surface area contributed by atoms with Crippen molar-refractivity contribution in [3.8, 4) is 0 Å². The molecule has 0 saturated heterocycles. The highest BCUT2D eigenvalue weighted by Gasteiger charge is 2.23. The number of hydrogen-bond donors (Lipinski definition) is 2. The number of halogens is 2. The van der Waals surface area contributed by atoms with Gasteiger partial charge in [-0.25, -0.2) is 13.1 Å². The number of hydrogen-bond acceptors (Lipinski definition) is 4. The van der Waals surface area contributed by atoms with Crippen LogP contribution in [0.4, 0.5) is 0 Å². The zero-order valence-corrected chi connectivity index (χ0v) is 13.2. The van der Waals surface area contributed by atoms with Crippen LogP contribution in [0.25, 0.3) is 0 Å². The van der Waals surface area contributed by atoms with E-state index in [4.69, 9.17) is 5.11 Å². The van der Waals surface area contributed by atoms with Gasteiger partial charge in [-0.2, -0.15) is 0 Å². The molecule has 0 aliphatic carbocycles. The lowest BCUT2D eigenvalue weighted by Crippen LogP contribution is -2.36. The Bertz CT molecular complexity index is 454. The summed E-state index contributed by atoms with van der Waals surface area (Å²) in [6.45, 7) is 1.60. The van der Waals surface area contributed by atoms with Crippen molar-refractivity contribution < 1.29 is 13.5 Å². The van der Waals surface area contributed by atoms with Crippen LogP contribution in [0, 0.1) is 0 Å². The van der Waals surface area contributed by atoms with Crippen molar-refractivity contribution in [3.05, 3.63) is 13.6 Å². The summed E-state index contributed by atoms with van der Waals surface area (Å²) in [6.07, 6.45) is 0.540. The largest absolute Gasteiger partial charge is 0.395 e. The molecule has 1 rings (SSSR count). The van der Waals surface area contributed by atoms with E-state index in [0.717, 1.165) is 3.79 Å². The van der Waals surface area contributed by atoms with Gasteiger partial charge < -0.3 is 5.11 Å². The number of aliphatic hydroxyl groups is 1. The molecule has 0 aliphatic heterocycles. The Labute approximate surface area is 115 Å². The van der Waals surface area contributed by atoms with Gasteiger partial charge in [0.2, 0.25) is 10.0 Å². The Hall–Kier alpha value is 0.530. The number of nitrogens with one attached hydrogen (secondary N) is 1. The molecule has 0 radical (unpaired) electrons. The van der Waals surface area contributed by atoms with E-state index in [1.54, 1.807) is 0 Å². The Morgan fingerprint density at radius 1 is 1.56 bits per heavy atom. The first-order valence-electron chi connectivity index (χ1n) is 4.48. The fourth-order valence-electron chi connectivity index (χ4n) is 1.04. The van der Waals surface area contributed by atoms with Crippen LogP contribution in [0.3, 0.4) is 0 Å². The summed E-state index contributed by atoms with van der Waals surface area (Å²) < 4.78 is 27.6. The summed E-state index contributed by atoms with van der Waals surface area (Å²) in [5, 5.41) is 8.97. The summed E-state index contributed by atoms with van der Waals surface area (Å²) >= 11 is 7.71. The standard InChI is InChI=1S/C8H11Br2NO3S2/c1-2-5(4-12)11-16(13,14)6-3-7(9)15-8(6)10/h3,5,11-12H,2,4H2,1H3/t5-/m0/s1. The average molecular weight is 393 g/mol. The summed E-state index contributed by atoms with van der Waals surface area (Å²) in [4.78, 5) is 0.191. The Morgan fingerprint density at radius 3 is 2.56 bits per heavy atom. The van der Waals surface area contributed by atoms with Crippen LogP contribution in [-0.4, -0.2) is 26.2 Å². The van der Waals surface area contributed by atoms with Gasteiger partial charge in [0.05, 0.1) is 14.2 Å². The lowest BCUT2D eigenvalue weighted by Gasteiger charge is -2.13. The minimum absolute atomic E-state index is 0.191. The molecule has 1 aromatic rings. The third-order valence-corrected chi connectivity index (χ3v) is 6.23. The van der Waals surface area contributed by atoms with Gasteiger partial charge >= 0.3 is 0 Å². The molecule has 1 aromatic heterocycles. The molecule has 0 bridgehead atoms. The second-order valence-corrected chi connectivity index (χ2v) is 8.53. The van der Waals surface area contributed by atoms with Crippen molar-refractivity contribution in [2.45, 2.75) is 24.3 Å². The molecule has 0 unspecified atom stereocenters. The monoisotopic (exact) mass is 391 g/mol.